The van der Waals surface area contributed by atoms with Gasteiger partial charge in [0.1, 0.15) is 5.69 Å². The molecule has 2 aromatic rings. The van der Waals surface area contributed by atoms with E-state index in [1.165, 1.54) is 10.6 Å². The molecule has 0 radical (unpaired) electrons. The lowest BCUT2D eigenvalue weighted by molar-refractivity contribution is -0.135. The minimum absolute atomic E-state index is 0.0170. The number of hydrogen-bond donors (Lipinski definition) is 1. The molecule has 1 heterocycles. The molecule has 19 heavy (non-hydrogen) atoms. The number of para-hydroxylation sites is 1. The molecule has 0 saturated carbocycles. The van der Waals surface area contributed by atoms with Gasteiger partial charge in [-0.15, -0.1) is 0 Å². The Hall–Kier alpha value is -1.98. The summed E-state index contributed by atoms with van der Waals surface area (Å²) in [4.78, 5) is 11.1. The zero-order valence-electron chi connectivity index (χ0n) is 9.94. The maximum absolute atomic E-state index is 12.1. The Morgan fingerprint density at radius 1 is 1.26 bits per heavy atom. The Morgan fingerprint density at radius 3 is 2.58 bits per heavy atom. The summed E-state index contributed by atoms with van der Waals surface area (Å²) in [6.45, 7) is 0.0364. The second-order valence-electron chi connectivity index (χ2n) is 4.26. The fourth-order valence-electron chi connectivity index (χ4n) is 2.07. The first kappa shape index (κ1) is 13.5. The average molecular weight is 271 g/mol. The highest BCUT2D eigenvalue weighted by molar-refractivity contribution is 5.94. The molecule has 0 saturated heterocycles. The number of halogens is 3. The maximum atomic E-state index is 12.1. The van der Waals surface area contributed by atoms with Crippen molar-refractivity contribution < 1.29 is 23.1 Å². The third-order valence-electron chi connectivity index (χ3n) is 2.87. The minimum atomic E-state index is -4.22. The fraction of sp³-hybridized carbons (Fsp3) is 0.308. The van der Waals surface area contributed by atoms with Crippen molar-refractivity contribution in [1.82, 2.24) is 4.57 Å². The highest BCUT2D eigenvalue weighted by atomic mass is 19.4. The Balaban J connectivity index is 2.29. The van der Waals surface area contributed by atoms with E-state index in [0.717, 1.165) is 0 Å². The molecule has 3 nitrogen and oxygen atoms in total. The molecule has 0 unspecified atom stereocenters. The molecular weight excluding hydrogens is 259 g/mol. The number of carboxylic acid groups (broad SMARTS) is 1. The number of benzene rings is 1. The van der Waals surface area contributed by atoms with Gasteiger partial charge >= 0.3 is 12.1 Å². The van der Waals surface area contributed by atoms with Crippen LogP contribution in [-0.2, 0) is 6.54 Å². The van der Waals surface area contributed by atoms with Gasteiger partial charge in [-0.1, -0.05) is 18.2 Å². The van der Waals surface area contributed by atoms with E-state index in [2.05, 4.69) is 0 Å². The molecule has 0 atom stereocenters. The lowest BCUT2D eigenvalue weighted by Gasteiger charge is -2.10. The van der Waals surface area contributed by atoms with Crippen molar-refractivity contribution in [2.75, 3.05) is 0 Å². The van der Waals surface area contributed by atoms with Crippen LogP contribution in [0.5, 0.6) is 0 Å². The van der Waals surface area contributed by atoms with Crippen molar-refractivity contribution in [3.05, 3.63) is 36.0 Å². The van der Waals surface area contributed by atoms with Gasteiger partial charge in [0, 0.05) is 23.9 Å². The number of carboxylic acids is 1. The van der Waals surface area contributed by atoms with Crippen molar-refractivity contribution >= 4 is 16.9 Å². The molecule has 0 aliphatic carbocycles. The summed E-state index contributed by atoms with van der Waals surface area (Å²) < 4.78 is 37.8. The van der Waals surface area contributed by atoms with Crippen molar-refractivity contribution in [3.63, 3.8) is 0 Å². The monoisotopic (exact) mass is 271 g/mol. The zero-order valence-corrected chi connectivity index (χ0v) is 9.94. The number of aromatic nitrogens is 1. The molecule has 0 amide bonds. The summed E-state index contributed by atoms with van der Waals surface area (Å²) in [5.41, 5.74) is 0.658. The van der Waals surface area contributed by atoms with E-state index in [9.17, 15) is 18.0 Å². The van der Waals surface area contributed by atoms with E-state index in [1.54, 1.807) is 24.3 Å². The lowest BCUT2D eigenvalue weighted by atomic mass is 10.2. The van der Waals surface area contributed by atoms with Crippen molar-refractivity contribution in [2.24, 2.45) is 0 Å². The van der Waals surface area contributed by atoms with E-state index >= 15 is 0 Å². The van der Waals surface area contributed by atoms with Crippen LogP contribution in [0.3, 0.4) is 0 Å². The van der Waals surface area contributed by atoms with Gasteiger partial charge in [-0.05, 0) is 18.6 Å². The van der Waals surface area contributed by atoms with Gasteiger partial charge in [0.2, 0.25) is 0 Å². The summed E-state index contributed by atoms with van der Waals surface area (Å²) >= 11 is 0. The second-order valence-corrected chi connectivity index (χ2v) is 4.26. The topological polar surface area (TPSA) is 42.2 Å². The van der Waals surface area contributed by atoms with E-state index in [-0.39, 0.29) is 18.7 Å². The average Bonchev–Trinajstić information content (AvgIpc) is 2.67. The van der Waals surface area contributed by atoms with Crippen LogP contribution in [0.15, 0.2) is 30.3 Å². The van der Waals surface area contributed by atoms with E-state index in [1.807, 2.05) is 0 Å². The Kier molecular flexibility index (Phi) is 3.50. The molecule has 102 valence electrons. The molecule has 1 aromatic carbocycles. The van der Waals surface area contributed by atoms with Gasteiger partial charge in [0.25, 0.3) is 0 Å². The number of carbonyl (C=O) groups is 1. The quantitative estimate of drug-likeness (QED) is 0.921. The number of alkyl halides is 3. The highest BCUT2D eigenvalue weighted by Crippen LogP contribution is 2.24. The third kappa shape index (κ3) is 3.07. The SMILES string of the molecule is O=C(O)c1cc2ccccc2n1CCCC(F)(F)F. The van der Waals surface area contributed by atoms with Gasteiger partial charge in [-0.2, -0.15) is 13.2 Å². The summed E-state index contributed by atoms with van der Waals surface area (Å²) in [5.74, 6) is -1.14. The second kappa shape index (κ2) is 4.95. The number of rotatable bonds is 4. The molecule has 0 bridgehead atoms. The predicted octanol–water partition coefficient (Wildman–Crippen LogP) is 3.68. The van der Waals surface area contributed by atoms with Gasteiger partial charge < -0.3 is 9.67 Å². The van der Waals surface area contributed by atoms with Crippen LogP contribution in [0, 0.1) is 0 Å². The van der Waals surface area contributed by atoms with Crippen molar-refractivity contribution in [2.45, 2.75) is 25.6 Å². The number of nitrogens with zero attached hydrogens (tertiary/aromatic N) is 1. The van der Waals surface area contributed by atoms with Crippen LogP contribution in [0.2, 0.25) is 0 Å². The summed E-state index contributed by atoms with van der Waals surface area (Å²) in [6, 6.07) is 8.41. The van der Waals surface area contributed by atoms with E-state index < -0.39 is 18.6 Å². The minimum Gasteiger partial charge on any atom is -0.477 e. The predicted molar refractivity (Wildman–Crippen MR) is 64.2 cm³/mol. The first-order valence-electron chi connectivity index (χ1n) is 5.77. The third-order valence-corrected chi connectivity index (χ3v) is 2.87. The molecule has 2 rings (SSSR count). The smallest absolute Gasteiger partial charge is 0.389 e. The molecule has 6 heteroatoms. The molecule has 0 aliphatic rings. The Morgan fingerprint density at radius 2 is 1.95 bits per heavy atom. The van der Waals surface area contributed by atoms with Crippen LogP contribution < -0.4 is 0 Å². The molecule has 1 aromatic heterocycles. The van der Waals surface area contributed by atoms with Crippen molar-refractivity contribution in [3.8, 4) is 0 Å². The fourth-order valence-corrected chi connectivity index (χ4v) is 2.07. The summed E-state index contributed by atoms with van der Waals surface area (Å²) in [6.07, 6.45) is -5.27. The van der Waals surface area contributed by atoms with Crippen molar-refractivity contribution in [1.29, 1.82) is 0 Å². The van der Waals surface area contributed by atoms with Crippen LogP contribution in [0.25, 0.3) is 10.9 Å². The normalized spacial score (nSPS) is 11.9. The lowest BCUT2D eigenvalue weighted by Crippen LogP contribution is -2.12. The Bertz CT molecular complexity index is 601. The van der Waals surface area contributed by atoms with Gasteiger partial charge in [0.15, 0.2) is 0 Å². The summed E-state index contributed by atoms with van der Waals surface area (Å²) in [7, 11) is 0. The standard InChI is InChI=1S/C13H12F3NO2/c14-13(15,16)6-3-7-17-10-5-2-1-4-9(10)8-11(17)12(18)19/h1-2,4-5,8H,3,6-7H2,(H,18,19). The van der Waals surface area contributed by atoms with Gasteiger partial charge in [-0.25, -0.2) is 4.79 Å². The molecular formula is C13H12F3NO2. The number of aromatic carboxylic acids is 1. The molecule has 0 spiro atoms. The Labute approximate surface area is 107 Å². The number of hydrogen-bond acceptors (Lipinski definition) is 1. The molecule has 1 N–H and O–H groups in total. The highest BCUT2D eigenvalue weighted by Gasteiger charge is 2.26. The zero-order chi connectivity index (χ0) is 14.0. The van der Waals surface area contributed by atoms with E-state index in [4.69, 9.17) is 5.11 Å². The van der Waals surface area contributed by atoms with Gasteiger partial charge in [0.05, 0.1) is 0 Å². The first-order valence-corrected chi connectivity index (χ1v) is 5.77. The van der Waals surface area contributed by atoms with Crippen LogP contribution in [-0.4, -0.2) is 21.8 Å². The molecule has 0 fully saturated rings. The largest absolute Gasteiger partial charge is 0.477 e. The first-order chi connectivity index (χ1) is 8.88. The van der Waals surface area contributed by atoms with Crippen LogP contribution >= 0.6 is 0 Å². The number of fused-ring (bicyclic) bond motifs is 1. The molecule has 0 aliphatic heterocycles. The summed E-state index contributed by atoms with van der Waals surface area (Å²) in [5, 5.41) is 9.80. The number of aryl methyl sites for hydroxylation is 1. The van der Waals surface area contributed by atoms with Crippen LogP contribution in [0.4, 0.5) is 13.2 Å². The maximum Gasteiger partial charge on any atom is 0.389 e. The van der Waals surface area contributed by atoms with E-state index in [0.29, 0.717) is 10.9 Å². The van der Waals surface area contributed by atoms with Crippen LogP contribution in [0.1, 0.15) is 23.3 Å². The van der Waals surface area contributed by atoms with Gasteiger partial charge in [-0.3, -0.25) is 0 Å².